The molecule has 0 bridgehead atoms. The standard InChI is InChI=1S/C11H18F3NO3/c1-3-8(2)18-9(16)6-4-5-7-15-10(17)11(12,13)14/h8H,3-7H2,1-2H3,(H,15,17). The Balaban J connectivity index is 3.57. The lowest BCUT2D eigenvalue weighted by molar-refractivity contribution is -0.173. The summed E-state index contributed by atoms with van der Waals surface area (Å²) in [4.78, 5) is 21.6. The van der Waals surface area contributed by atoms with Crippen molar-refractivity contribution in [1.29, 1.82) is 0 Å². The molecule has 4 nitrogen and oxygen atoms in total. The predicted molar refractivity (Wildman–Crippen MR) is 58.8 cm³/mol. The van der Waals surface area contributed by atoms with E-state index in [4.69, 9.17) is 4.74 Å². The maximum absolute atomic E-state index is 11.8. The van der Waals surface area contributed by atoms with Crippen molar-refractivity contribution in [2.24, 2.45) is 0 Å². The second-order valence-electron chi connectivity index (χ2n) is 3.92. The van der Waals surface area contributed by atoms with Crippen molar-refractivity contribution in [3.05, 3.63) is 0 Å². The smallest absolute Gasteiger partial charge is 0.463 e. The zero-order valence-corrected chi connectivity index (χ0v) is 10.5. The van der Waals surface area contributed by atoms with E-state index < -0.39 is 12.1 Å². The maximum Gasteiger partial charge on any atom is 0.471 e. The molecule has 1 atom stereocenters. The van der Waals surface area contributed by atoms with Gasteiger partial charge in [0.05, 0.1) is 6.10 Å². The summed E-state index contributed by atoms with van der Waals surface area (Å²) in [5.74, 6) is -2.32. The Labute approximate surface area is 104 Å². The van der Waals surface area contributed by atoms with E-state index in [0.29, 0.717) is 19.3 Å². The molecule has 0 aromatic carbocycles. The van der Waals surface area contributed by atoms with Crippen molar-refractivity contribution in [1.82, 2.24) is 5.32 Å². The van der Waals surface area contributed by atoms with Gasteiger partial charge in [-0.05, 0) is 26.2 Å². The first-order valence-electron chi connectivity index (χ1n) is 5.81. The molecule has 1 N–H and O–H groups in total. The Hall–Kier alpha value is -1.27. The molecule has 0 rings (SSSR count). The van der Waals surface area contributed by atoms with Crippen LogP contribution < -0.4 is 5.32 Å². The minimum Gasteiger partial charge on any atom is -0.463 e. The van der Waals surface area contributed by atoms with E-state index in [1.807, 2.05) is 6.92 Å². The average molecular weight is 269 g/mol. The number of esters is 1. The lowest BCUT2D eigenvalue weighted by atomic mass is 10.2. The van der Waals surface area contributed by atoms with Crippen LogP contribution in [0.25, 0.3) is 0 Å². The quantitative estimate of drug-likeness (QED) is 0.569. The fraction of sp³-hybridized carbons (Fsp3) is 0.818. The van der Waals surface area contributed by atoms with Crippen molar-refractivity contribution in [2.75, 3.05) is 6.54 Å². The predicted octanol–water partition coefficient (Wildman–Crippen LogP) is 2.18. The first-order chi connectivity index (χ1) is 8.27. The van der Waals surface area contributed by atoms with Gasteiger partial charge in [-0.25, -0.2) is 0 Å². The Kier molecular flexibility index (Phi) is 7.38. The van der Waals surface area contributed by atoms with E-state index in [2.05, 4.69) is 0 Å². The molecule has 0 aliphatic rings. The molecule has 7 heteroatoms. The summed E-state index contributed by atoms with van der Waals surface area (Å²) < 4.78 is 40.3. The first kappa shape index (κ1) is 16.7. The Morgan fingerprint density at radius 2 is 1.89 bits per heavy atom. The SMILES string of the molecule is CCC(C)OC(=O)CCCCNC(=O)C(F)(F)F. The van der Waals surface area contributed by atoms with Gasteiger partial charge in [0.25, 0.3) is 0 Å². The molecule has 106 valence electrons. The highest BCUT2D eigenvalue weighted by Crippen LogP contribution is 2.14. The molecular formula is C11H18F3NO3. The highest BCUT2D eigenvalue weighted by atomic mass is 19.4. The van der Waals surface area contributed by atoms with Crippen molar-refractivity contribution < 1.29 is 27.5 Å². The van der Waals surface area contributed by atoms with Crippen LogP contribution in [0.5, 0.6) is 0 Å². The van der Waals surface area contributed by atoms with Gasteiger partial charge in [0.1, 0.15) is 0 Å². The summed E-state index contributed by atoms with van der Waals surface area (Å²) in [6.45, 7) is 3.54. The average Bonchev–Trinajstić information content (AvgIpc) is 2.26. The number of unbranched alkanes of at least 4 members (excludes halogenated alkanes) is 1. The van der Waals surface area contributed by atoms with Gasteiger partial charge in [0, 0.05) is 13.0 Å². The van der Waals surface area contributed by atoms with E-state index in [-0.39, 0.29) is 25.0 Å². The third-order valence-electron chi connectivity index (χ3n) is 2.26. The molecule has 1 amide bonds. The number of amides is 1. The van der Waals surface area contributed by atoms with E-state index in [1.165, 1.54) is 0 Å². The topological polar surface area (TPSA) is 55.4 Å². The Morgan fingerprint density at radius 1 is 1.28 bits per heavy atom. The minimum atomic E-state index is -4.85. The van der Waals surface area contributed by atoms with Crippen LogP contribution in [0.4, 0.5) is 13.2 Å². The number of hydrogen-bond donors (Lipinski definition) is 1. The van der Waals surface area contributed by atoms with E-state index >= 15 is 0 Å². The van der Waals surface area contributed by atoms with Gasteiger partial charge in [-0.3, -0.25) is 9.59 Å². The lowest BCUT2D eigenvalue weighted by Gasteiger charge is -2.10. The van der Waals surface area contributed by atoms with Gasteiger partial charge in [-0.2, -0.15) is 13.2 Å². The second-order valence-corrected chi connectivity index (χ2v) is 3.92. The molecule has 0 saturated heterocycles. The van der Waals surface area contributed by atoms with Crippen molar-refractivity contribution in [3.8, 4) is 0 Å². The zero-order chi connectivity index (χ0) is 14.2. The summed E-state index contributed by atoms with van der Waals surface area (Å²) in [6, 6.07) is 0. The molecule has 0 spiro atoms. The summed E-state index contributed by atoms with van der Waals surface area (Å²) in [5, 5.41) is 1.73. The van der Waals surface area contributed by atoms with Crippen LogP contribution in [0.15, 0.2) is 0 Å². The van der Waals surface area contributed by atoms with Gasteiger partial charge in [0.2, 0.25) is 0 Å². The number of carbonyl (C=O) groups excluding carboxylic acids is 2. The number of nitrogens with one attached hydrogen (secondary N) is 1. The van der Waals surface area contributed by atoms with Crippen LogP contribution in [0, 0.1) is 0 Å². The zero-order valence-electron chi connectivity index (χ0n) is 10.5. The van der Waals surface area contributed by atoms with Crippen LogP contribution >= 0.6 is 0 Å². The summed E-state index contributed by atoms with van der Waals surface area (Å²) in [7, 11) is 0. The third kappa shape index (κ3) is 7.92. The molecule has 0 aromatic heterocycles. The first-order valence-corrected chi connectivity index (χ1v) is 5.81. The molecule has 1 unspecified atom stereocenters. The van der Waals surface area contributed by atoms with Gasteiger partial charge in [-0.15, -0.1) is 0 Å². The van der Waals surface area contributed by atoms with Crippen molar-refractivity contribution in [3.63, 3.8) is 0 Å². The summed E-state index contributed by atoms with van der Waals surface area (Å²) >= 11 is 0. The molecule has 0 saturated carbocycles. The van der Waals surface area contributed by atoms with Gasteiger partial charge >= 0.3 is 18.1 Å². The van der Waals surface area contributed by atoms with Gasteiger partial charge in [-0.1, -0.05) is 6.92 Å². The molecule has 0 aliphatic carbocycles. The Bertz CT molecular complexity index is 279. The van der Waals surface area contributed by atoms with E-state index in [1.54, 1.807) is 12.2 Å². The molecular weight excluding hydrogens is 251 g/mol. The maximum atomic E-state index is 11.8. The number of alkyl halides is 3. The minimum absolute atomic E-state index is 0.102. The fourth-order valence-electron chi connectivity index (χ4n) is 1.06. The van der Waals surface area contributed by atoms with Gasteiger partial charge in [0.15, 0.2) is 0 Å². The number of carbonyl (C=O) groups is 2. The van der Waals surface area contributed by atoms with Gasteiger partial charge < -0.3 is 10.1 Å². The van der Waals surface area contributed by atoms with Crippen molar-refractivity contribution in [2.45, 2.75) is 51.8 Å². The van der Waals surface area contributed by atoms with E-state index in [9.17, 15) is 22.8 Å². The van der Waals surface area contributed by atoms with Crippen LogP contribution in [-0.2, 0) is 14.3 Å². The number of rotatable bonds is 7. The third-order valence-corrected chi connectivity index (χ3v) is 2.26. The van der Waals surface area contributed by atoms with Crippen LogP contribution in [-0.4, -0.2) is 30.7 Å². The highest BCUT2D eigenvalue weighted by Gasteiger charge is 2.38. The molecule has 0 aliphatic heterocycles. The number of hydrogen-bond acceptors (Lipinski definition) is 3. The molecule has 18 heavy (non-hydrogen) atoms. The largest absolute Gasteiger partial charge is 0.471 e. The number of ether oxygens (including phenoxy) is 1. The van der Waals surface area contributed by atoms with Crippen molar-refractivity contribution >= 4 is 11.9 Å². The summed E-state index contributed by atoms with van der Waals surface area (Å²) in [5.41, 5.74) is 0. The normalized spacial score (nSPS) is 12.9. The molecule has 0 heterocycles. The van der Waals surface area contributed by atoms with E-state index in [0.717, 1.165) is 0 Å². The summed E-state index contributed by atoms with van der Waals surface area (Å²) in [6.07, 6.45) is -3.46. The molecule has 0 fully saturated rings. The second kappa shape index (κ2) is 7.94. The fourth-order valence-corrected chi connectivity index (χ4v) is 1.06. The highest BCUT2D eigenvalue weighted by molar-refractivity contribution is 5.81. The lowest BCUT2D eigenvalue weighted by Crippen LogP contribution is -2.37. The molecule has 0 aromatic rings. The number of halogens is 3. The van der Waals surface area contributed by atoms with Crippen LogP contribution in [0.1, 0.15) is 39.5 Å². The van der Waals surface area contributed by atoms with Crippen LogP contribution in [0.3, 0.4) is 0 Å². The Morgan fingerprint density at radius 3 is 2.39 bits per heavy atom. The van der Waals surface area contributed by atoms with Crippen LogP contribution in [0.2, 0.25) is 0 Å². The molecule has 0 radical (unpaired) electrons. The monoisotopic (exact) mass is 269 g/mol.